The zero-order chi connectivity index (χ0) is 7.66. The average molecular weight is 143 g/mol. The third kappa shape index (κ3) is 7.66. The van der Waals surface area contributed by atoms with Crippen LogP contribution in [0.5, 0.6) is 0 Å². The van der Waals surface area contributed by atoms with Gasteiger partial charge in [-0.2, -0.15) is 0 Å². The van der Waals surface area contributed by atoms with Gasteiger partial charge in [-0.3, -0.25) is 5.32 Å². The summed E-state index contributed by atoms with van der Waals surface area (Å²) < 4.78 is 5.18. The first kappa shape index (κ1) is 9.66. The third-order valence-corrected chi connectivity index (χ3v) is 1.07. The van der Waals surface area contributed by atoms with Gasteiger partial charge >= 0.3 is 0 Å². The minimum atomic E-state index is 0.657. The lowest BCUT2D eigenvalue weighted by Gasteiger charge is -1.99. The molecule has 0 saturated carbocycles. The number of hydrogen-bond acceptors (Lipinski definition) is 2. The predicted molar refractivity (Wildman–Crippen MR) is 43.9 cm³/mol. The normalized spacial score (nSPS) is 11.0. The number of hydrogen-bond donors (Lipinski definition) is 1. The van der Waals surface area contributed by atoms with Crippen molar-refractivity contribution < 1.29 is 4.74 Å². The molecular weight excluding hydrogens is 126 g/mol. The van der Waals surface area contributed by atoms with Gasteiger partial charge in [0.2, 0.25) is 0 Å². The van der Waals surface area contributed by atoms with Crippen LogP contribution in [0.1, 0.15) is 20.3 Å². The van der Waals surface area contributed by atoms with E-state index < -0.39 is 0 Å². The molecule has 2 nitrogen and oxygen atoms in total. The van der Waals surface area contributed by atoms with Crippen molar-refractivity contribution in [1.82, 2.24) is 5.32 Å². The SMILES string of the molecule is CCC=CCOCNCC. The molecule has 0 rings (SSSR count). The predicted octanol–water partition coefficient (Wildman–Crippen LogP) is 1.54. The molecular formula is C8H17NO. The van der Waals surface area contributed by atoms with Crippen LogP contribution in [0.2, 0.25) is 0 Å². The van der Waals surface area contributed by atoms with Crippen LogP contribution >= 0.6 is 0 Å². The molecule has 0 aliphatic rings. The Morgan fingerprint density at radius 1 is 1.30 bits per heavy atom. The fraction of sp³-hybridized carbons (Fsp3) is 0.750. The van der Waals surface area contributed by atoms with E-state index in [0.717, 1.165) is 19.6 Å². The van der Waals surface area contributed by atoms with Crippen LogP contribution in [-0.2, 0) is 4.74 Å². The Morgan fingerprint density at radius 3 is 2.70 bits per heavy atom. The Kier molecular flexibility index (Phi) is 8.37. The summed E-state index contributed by atoms with van der Waals surface area (Å²) in [6.07, 6.45) is 5.23. The molecule has 0 spiro atoms. The first-order chi connectivity index (χ1) is 4.91. The molecule has 10 heavy (non-hydrogen) atoms. The Bertz CT molecular complexity index is 81.3. The van der Waals surface area contributed by atoms with E-state index in [0.29, 0.717) is 6.73 Å². The molecule has 0 aromatic carbocycles. The fourth-order valence-corrected chi connectivity index (χ4v) is 0.536. The molecule has 0 aliphatic carbocycles. The fourth-order valence-electron chi connectivity index (χ4n) is 0.536. The van der Waals surface area contributed by atoms with Crippen LogP contribution < -0.4 is 5.32 Å². The molecule has 0 aromatic rings. The number of nitrogens with one attached hydrogen (secondary N) is 1. The van der Waals surface area contributed by atoms with Crippen LogP contribution in [0.25, 0.3) is 0 Å². The molecule has 0 saturated heterocycles. The molecule has 2 heteroatoms. The third-order valence-electron chi connectivity index (χ3n) is 1.07. The molecule has 0 heterocycles. The summed E-state index contributed by atoms with van der Waals surface area (Å²) in [4.78, 5) is 0. The smallest absolute Gasteiger partial charge is 0.0969 e. The van der Waals surface area contributed by atoms with Gasteiger partial charge in [0.05, 0.1) is 13.3 Å². The lowest BCUT2D eigenvalue weighted by Crippen LogP contribution is -2.16. The van der Waals surface area contributed by atoms with E-state index in [1.54, 1.807) is 0 Å². The number of rotatable bonds is 6. The highest BCUT2D eigenvalue weighted by Gasteiger charge is 1.78. The van der Waals surface area contributed by atoms with Crippen molar-refractivity contribution in [2.75, 3.05) is 19.9 Å². The van der Waals surface area contributed by atoms with Crippen molar-refractivity contribution in [3.05, 3.63) is 12.2 Å². The van der Waals surface area contributed by atoms with Gasteiger partial charge in [-0.05, 0) is 13.0 Å². The Hall–Kier alpha value is -0.340. The summed E-state index contributed by atoms with van der Waals surface area (Å²) in [7, 11) is 0. The van der Waals surface area contributed by atoms with E-state index in [4.69, 9.17) is 4.74 Å². The van der Waals surface area contributed by atoms with Crippen LogP contribution in [-0.4, -0.2) is 19.9 Å². The van der Waals surface area contributed by atoms with Crippen LogP contribution in [0.15, 0.2) is 12.2 Å². The Balaban J connectivity index is 2.83. The molecule has 0 bridgehead atoms. The first-order valence-electron chi connectivity index (χ1n) is 3.85. The Labute approximate surface area is 63.3 Å². The van der Waals surface area contributed by atoms with E-state index in [2.05, 4.69) is 25.2 Å². The molecule has 0 radical (unpaired) electrons. The summed E-state index contributed by atoms with van der Waals surface area (Å²) in [5.74, 6) is 0. The van der Waals surface area contributed by atoms with Gasteiger partial charge in [0.15, 0.2) is 0 Å². The van der Waals surface area contributed by atoms with E-state index in [1.165, 1.54) is 0 Å². The number of ether oxygens (including phenoxy) is 1. The zero-order valence-corrected chi connectivity index (χ0v) is 6.89. The second-order valence-electron chi connectivity index (χ2n) is 2.00. The molecule has 0 atom stereocenters. The zero-order valence-electron chi connectivity index (χ0n) is 6.89. The Morgan fingerprint density at radius 2 is 2.10 bits per heavy atom. The summed E-state index contributed by atoms with van der Waals surface area (Å²) in [6.45, 7) is 6.52. The van der Waals surface area contributed by atoms with Crippen LogP contribution in [0.3, 0.4) is 0 Å². The maximum absolute atomic E-state index is 5.18. The molecule has 60 valence electrons. The van der Waals surface area contributed by atoms with Gasteiger partial charge in [-0.1, -0.05) is 26.0 Å². The maximum atomic E-state index is 5.18. The largest absolute Gasteiger partial charge is 0.362 e. The van der Waals surface area contributed by atoms with Crippen molar-refractivity contribution in [2.24, 2.45) is 0 Å². The van der Waals surface area contributed by atoms with Gasteiger partial charge in [0, 0.05) is 0 Å². The highest BCUT2D eigenvalue weighted by Crippen LogP contribution is 1.79. The van der Waals surface area contributed by atoms with Crippen LogP contribution in [0, 0.1) is 0 Å². The van der Waals surface area contributed by atoms with Crippen molar-refractivity contribution in [3.8, 4) is 0 Å². The molecule has 0 aromatic heterocycles. The van der Waals surface area contributed by atoms with Gasteiger partial charge in [-0.25, -0.2) is 0 Å². The first-order valence-corrected chi connectivity index (χ1v) is 3.85. The van der Waals surface area contributed by atoms with Crippen molar-refractivity contribution in [1.29, 1.82) is 0 Å². The minimum Gasteiger partial charge on any atom is -0.362 e. The summed E-state index contributed by atoms with van der Waals surface area (Å²) in [6, 6.07) is 0. The van der Waals surface area contributed by atoms with E-state index in [9.17, 15) is 0 Å². The second kappa shape index (κ2) is 8.66. The van der Waals surface area contributed by atoms with Gasteiger partial charge in [0.25, 0.3) is 0 Å². The van der Waals surface area contributed by atoms with Gasteiger partial charge in [-0.15, -0.1) is 0 Å². The second-order valence-corrected chi connectivity index (χ2v) is 2.00. The molecule has 0 amide bonds. The minimum absolute atomic E-state index is 0.657. The standard InChI is InChI=1S/C8H17NO/c1-3-5-6-7-10-8-9-4-2/h5-6,9H,3-4,7-8H2,1-2H3. The molecule has 0 fully saturated rings. The van der Waals surface area contributed by atoms with Crippen molar-refractivity contribution >= 4 is 0 Å². The molecule has 0 aliphatic heterocycles. The summed E-state index contributed by atoms with van der Waals surface area (Å²) >= 11 is 0. The van der Waals surface area contributed by atoms with Crippen LogP contribution in [0.4, 0.5) is 0 Å². The lowest BCUT2D eigenvalue weighted by atomic mass is 10.4. The maximum Gasteiger partial charge on any atom is 0.0969 e. The average Bonchev–Trinajstić information content (AvgIpc) is 1.97. The topological polar surface area (TPSA) is 21.3 Å². The van der Waals surface area contributed by atoms with E-state index >= 15 is 0 Å². The quantitative estimate of drug-likeness (QED) is 0.346. The van der Waals surface area contributed by atoms with Gasteiger partial charge in [0.1, 0.15) is 0 Å². The lowest BCUT2D eigenvalue weighted by molar-refractivity contribution is 0.144. The molecule has 0 unspecified atom stereocenters. The van der Waals surface area contributed by atoms with Crippen molar-refractivity contribution in [2.45, 2.75) is 20.3 Å². The summed E-state index contributed by atoms with van der Waals surface area (Å²) in [5, 5.41) is 3.07. The van der Waals surface area contributed by atoms with E-state index in [1.807, 2.05) is 6.08 Å². The van der Waals surface area contributed by atoms with Crippen molar-refractivity contribution in [3.63, 3.8) is 0 Å². The van der Waals surface area contributed by atoms with Gasteiger partial charge < -0.3 is 4.74 Å². The number of allylic oxidation sites excluding steroid dienone is 1. The van der Waals surface area contributed by atoms with E-state index in [-0.39, 0.29) is 0 Å². The highest BCUT2D eigenvalue weighted by atomic mass is 16.5. The summed E-state index contributed by atoms with van der Waals surface area (Å²) in [5.41, 5.74) is 0. The monoisotopic (exact) mass is 143 g/mol. The highest BCUT2D eigenvalue weighted by molar-refractivity contribution is 4.79. The molecule has 1 N–H and O–H groups in total.